The van der Waals surface area contributed by atoms with E-state index < -0.39 is 34.6 Å². The third kappa shape index (κ3) is 5.67. The molecule has 37 heavy (non-hydrogen) atoms. The Morgan fingerprint density at radius 1 is 1.05 bits per heavy atom. The molecule has 3 aliphatic rings. The summed E-state index contributed by atoms with van der Waals surface area (Å²) in [5.41, 5.74) is -1.86. The normalized spacial score (nSPS) is 24.9. The lowest BCUT2D eigenvalue weighted by Gasteiger charge is -2.28. The van der Waals surface area contributed by atoms with E-state index in [1.54, 1.807) is 6.92 Å². The van der Waals surface area contributed by atoms with Crippen LogP contribution in [0, 0.1) is 29.4 Å². The number of benzene rings is 1. The van der Waals surface area contributed by atoms with E-state index in [1.165, 1.54) is 6.07 Å². The number of halogens is 5. The first-order valence-electron chi connectivity index (χ1n) is 12.9. The number of hydrogen-bond acceptors (Lipinski definition) is 6. The van der Waals surface area contributed by atoms with Gasteiger partial charge in [0.2, 0.25) is 5.82 Å². The van der Waals surface area contributed by atoms with Crippen molar-refractivity contribution < 1.29 is 31.4 Å². The fourth-order valence-electron chi connectivity index (χ4n) is 5.99. The van der Waals surface area contributed by atoms with Crippen LogP contribution in [0.4, 0.5) is 27.8 Å². The molecule has 1 aromatic carbocycles. The minimum absolute atomic E-state index is 0.116. The number of alkyl halides is 3. The van der Waals surface area contributed by atoms with Gasteiger partial charge in [-0.15, -0.1) is 10.2 Å². The molecule has 11 heteroatoms. The van der Waals surface area contributed by atoms with Gasteiger partial charge in [-0.05, 0) is 68.6 Å². The van der Waals surface area contributed by atoms with Crippen molar-refractivity contribution in [1.82, 2.24) is 15.1 Å². The van der Waals surface area contributed by atoms with Gasteiger partial charge in [-0.1, -0.05) is 0 Å². The van der Waals surface area contributed by atoms with Crippen molar-refractivity contribution in [3.8, 4) is 17.0 Å². The summed E-state index contributed by atoms with van der Waals surface area (Å²) in [6.45, 7) is 6.34. The quantitative estimate of drug-likeness (QED) is 0.489. The van der Waals surface area contributed by atoms with Crippen molar-refractivity contribution in [2.45, 2.75) is 44.8 Å². The van der Waals surface area contributed by atoms with Crippen LogP contribution in [0.15, 0.2) is 18.2 Å². The lowest BCUT2D eigenvalue weighted by Crippen LogP contribution is -2.32. The molecule has 3 fully saturated rings. The summed E-state index contributed by atoms with van der Waals surface area (Å²) in [4.78, 5) is 2.49. The third-order valence-corrected chi connectivity index (χ3v) is 7.75. The van der Waals surface area contributed by atoms with Crippen molar-refractivity contribution in [2.24, 2.45) is 17.8 Å². The van der Waals surface area contributed by atoms with E-state index in [2.05, 4.69) is 20.4 Å². The van der Waals surface area contributed by atoms with Crippen LogP contribution >= 0.6 is 0 Å². The van der Waals surface area contributed by atoms with Gasteiger partial charge in [-0.3, -0.25) is 0 Å². The highest BCUT2D eigenvalue weighted by Crippen LogP contribution is 2.42. The number of fused-ring (bicyclic) bond motifs is 1. The van der Waals surface area contributed by atoms with E-state index in [1.807, 2.05) is 0 Å². The molecular formula is C26H31F5N4O2. The molecule has 2 unspecified atom stereocenters. The molecule has 202 valence electrons. The standard InChI is InChI=1S/C26H31F5N4O2/c1-2-37-22-4-3-19(23(27)24(22)28)21-11-20(26(29,30)31)25(34-33-21)32-18-9-16-13-35(14-17(16)10-18)12-15-5-7-36-8-6-15/h3-4,11,15-18H,2,5-10,12-14H2,1H3,(H,32,34). The second kappa shape index (κ2) is 10.7. The molecule has 2 atom stereocenters. The van der Waals surface area contributed by atoms with Crippen molar-refractivity contribution in [2.75, 3.05) is 44.8 Å². The van der Waals surface area contributed by atoms with Crippen molar-refractivity contribution >= 4 is 5.82 Å². The summed E-state index contributed by atoms with van der Waals surface area (Å²) in [6, 6.07) is 2.88. The molecule has 1 aliphatic carbocycles. The summed E-state index contributed by atoms with van der Waals surface area (Å²) in [5, 5.41) is 10.5. The Hall–Kier alpha value is -2.53. The van der Waals surface area contributed by atoms with Gasteiger partial charge in [0.05, 0.1) is 12.3 Å². The topological polar surface area (TPSA) is 59.5 Å². The first-order valence-corrected chi connectivity index (χ1v) is 12.9. The predicted molar refractivity (Wildman–Crippen MR) is 127 cm³/mol. The molecule has 0 spiro atoms. The third-order valence-electron chi connectivity index (χ3n) is 7.75. The van der Waals surface area contributed by atoms with Gasteiger partial charge >= 0.3 is 6.18 Å². The lowest BCUT2D eigenvalue weighted by atomic mass is 10.00. The van der Waals surface area contributed by atoms with Gasteiger partial charge in [0, 0.05) is 44.5 Å². The molecule has 1 aromatic heterocycles. The Morgan fingerprint density at radius 2 is 1.76 bits per heavy atom. The maximum absolute atomic E-state index is 14.6. The molecule has 6 nitrogen and oxygen atoms in total. The number of rotatable bonds is 7. The Kier molecular flexibility index (Phi) is 7.53. The van der Waals surface area contributed by atoms with Crippen molar-refractivity contribution in [1.29, 1.82) is 0 Å². The minimum Gasteiger partial charge on any atom is -0.491 e. The van der Waals surface area contributed by atoms with Gasteiger partial charge < -0.3 is 19.7 Å². The molecule has 2 aliphatic heterocycles. The molecule has 5 rings (SSSR count). The van der Waals surface area contributed by atoms with Crippen LogP contribution in [0.3, 0.4) is 0 Å². The SMILES string of the molecule is CCOc1ccc(-c2cc(C(F)(F)F)c(NC3CC4CN(CC5CCOCC5)CC4C3)nn2)c(F)c1F. The van der Waals surface area contributed by atoms with Crippen LogP contribution in [0.1, 0.15) is 38.2 Å². The maximum atomic E-state index is 14.6. The number of likely N-dealkylation sites (tertiary alicyclic amines) is 1. The fourth-order valence-corrected chi connectivity index (χ4v) is 5.99. The first-order chi connectivity index (χ1) is 17.7. The number of anilines is 1. The van der Waals surface area contributed by atoms with Crippen molar-refractivity contribution in [3.05, 3.63) is 35.4 Å². The zero-order chi connectivity index (χ0) is 26.2. The zero-order valence-corrected chi connectivity index (χ0v) is 20.7. The highest BCUT2D eigenvalue weighted by molar-refractivity contribution is 5.64. The van der Waals surface area contributed by atoms with Crippen LogP contribution < -0.4 is 10.1 Å². The molecule has 0 bridgehead atoms. The van der Waals surface area contributed by atoms with Gasteiger partial charge in [0.15, 0.2) is 17.4 Å². The highest BCUT2D eigenvalue weighted by Gasteiger charge is 2.43. The number of ether oxygens (including phenoxy) is 2. The molecule has 2 aromatic rings. The molecule has 3 heterocycles. The molecule has 0 amide bonds. The van der Waals surface area contributed by atoms with Crippen LogP contribution in [0.5, 0.6) is 5.75 Å². The van der Waals surface area contributed by atoms with Gasteiger partial charge in [0.1, 0.15) is 5.56 Å². The Balaban J connectivity index is 1.28. The monoisotopic (exact) mass is 526 g/mol. The Morgan fingerprint density at radius 3 is 2.41 bits per heavy atom. The van der Waals surface area contributed by atoms with Crippen LogP contribution in [0.25, 0.3) is 11.3 Å². The summed E-state index contributed by atoms with van der Waals surface area (Å²) in [7, 11) is 0. The number of nitrogens with zero attached hydrogens (tertiary/aromatic N) is 3. The molecule has 1 N–H and O–H groups in total. The smallest absolute Gasteiger partial charge is 0.420 e. The van der Waals surface area contributed by atoms with Gasteiger partial charge in [-0.25, -0.2) is 4.39 Å². The second-order valence-corrected chi connectivity index (χ2v) is 10.3. The highest BCUT2D eigenvalue weighted by atomic mass is 19.4. The summed E-state index contributed by atoms with van der Waals surface area (Å²) in [6.07, 6.45) is -1.07. The van der Waals surface area contributed by atoms with Gasteiger partial charge in [-0.2, -0.15) is 17.6 Å². The lowest BCUT2D eigenvalue weighted by molar-refractivity contribution is -0.137. The van der Waals surface area contributed by atoms with E-state index >= 15 is 0 Å². The summed E-state index contributed by atoms with van der Waals surface area (Å²) in [5.74, 6) is -1.79. The zero-order valence-electron chi connectivity index (χ0n) is 20.7. The van der Waals surface area contributed by atoms with Crippen molar-refractivity contribution in [3.63, 3.8) is 0 Å². The Bertz CT molecular complexity index is 1100. The van der Waals surface area contributed by atoms with E-state index in [9.17, 15) is 22.0 Å². The average molecular weight is 527 g/mol. The second-order valence-electron chi connectivity index (χ2n) is 10.3. The minimum atomic E-state index is -4.75. The number of aromatic nitrogens is 2. The van der Waals surface area contributed by atoms with Crippen LogP contribution in [-0.4, -0.2) is 60.6 Å². The number of nitrogens with one attached hydrogen (secondary N) is 1. The maximum Gasteiger partial charge on any atom is 0.420 e. The van der Waals surface area contributed by atoms with E-state index in [0.717, 1.165) is 70.7 Å². The summed E-state index contributed by atoms with van der Waals surface area (Å²) < 4.78 is 81.2. The Labute approximate surface area is 212 Å². The largest absolute Gasteiger partial charge is 0.491 e. The van der Waals surface area contributed by atoms with Gasteiger partial charge in [0.25, 0.3) is 0 Å². The van der Waals surface area contributed by atoms with Crippen LogP contribution in [-0.2, 0) is 10.9 Å². The molecule has 1 saturated carbocycles. The van der Waals surface area contributed by atoms with E-state index in [-0.39, 0.29) is 24.2 Å². The van der Waals surface area contributed by atoms with E-state index in [0.29, 0.717) is 17.8 Å². The number of hydrogen-bond donors (Lipinski definition) is 1. The molecule has 2 saturated heterocycles. The average Bonchev–Trinajstić information content (AvgIpc) is 3.40. The molecule has 0 radical (unpaired) electrons. The van der Waals surface area contributed by atoms with Crippen LogP contribution in [0.2, 0.25) is 0 Å². The summed E-state index contributed by atoms with van der Waals surface area (Å²) >= 11 is 0. The first kappa shape index (κ1) is 26.1. The molecular weight excluding hydrogens is 495 g/mol. The fraction of sp³-hybridized carbons (Fsp3) is 0.615. The predicted octanol–water partition coefficient (Wildman–Crippen LogP) is 5.39. The van der Waals surface area contributed by atoms with E-state index in [4.69, 9.17) is 9.47 Å².